The number of nitrogens with zero attached hydrogens (tertiary/aromatic N) is 2. The molecule has 5 heteroatoms. The van der Waals surface area contributed by atoms with Gasteiger partial charge in [-0.2, -0.15) is 9.78 Å². The number of hydrogen-bond acceptors (Lipinski definition) is 4. The highest BCUT2D eigenvalue weighted by molar-refractivity contribution is 6.06. The van der Waals surface area contributed by atoms with E-state index in [0.717, 1.165) is 4.68 Å². The largest absolute Gasteiger partial charge is 0.386 e. The molecule has 2 aromatic rings. The number of ketones is 1. The summed E-state index contributed by atoms with van der Waals surface area (Å²) in [6, 6.07) is 6.92. The average molecular weight is 218 g/mol. The van der Waals surface area contributed by atoms with Crippen LogP contribution in [0.4, 0.5) is 0 Å². The Morgan fingerprint density at radius 1 is 1.38 bits per heavy atom. The third kappa shape index (κ3) is 1.51. The molecule has 5 nitrogen and oxygen atoms in total. The first-order valence-electron chi connectivity index (χ1n) is 4.78. The van der Waals surface area contributed by atoms with Crippen LogP contribution in [0.5, 0.6) is 0 Å². The standard InChI is InChI=1S/C11H10N2O3/c1-7(15)11-8-4-2-3-5-9(8)13(12-11)10(16)6-14/h2-5,14H,6H2,1H3. The number of carbonyl (C=O) groups excluding carboxylic acids is 2. The highest BCUT2D eigenvalue weighted by Gasteiger charge is 2.16. The van der Waals surface area contributed by atoms with Crippen molar-refractivity contribution in [2.45, 2.75) is 6.92 Å². The lowest BCUT2D eigenvalue weighted by atomic mass is 10.2. The van der Waals surface area contributed by atoms with Gasteiger partial charge in [0, 0.05) is 12.3 Å². The van der Waals surface area contributed by atoms with E-state index in [4.69, 9.17) is 5.11 Å². The number of aliphatic hydroxyl groups excluding tert-OH is 1. The highest BCUT2D eigenvalue weighted by Crippen LogP contribution is 2.18. The molecule has 0 atom stereocenters. The molecular weight excluding hydrogens is 208 g/mol. The summed E-state index contributed by atoms with van der Waals surface area (Å²) in [4.78, 5) is 22.7. The molecule has 0 aliphatic rings. The van der Waals surface area contributed by atoms with Gasteiger partial charge in [0.05, 0.1) is 5.52 Å². The monoisotopic (exact) mass is 218 g/mol. The summed E-state index contributed by atoms with van der Waals surface area (Å²) in [5.41, 5.74) is 0.782. The summed E-state index contributed by atoms with van der Waals surface area (Å²) >= 11 is 0. The van der Waals surface area contributed by atoms with Crippen molar-refractivity contribution < 1.29 is 14.7 Å². The molecule has 0 spiro atoms. The Morgan fingerprint density at radius 3 is 2.69 bits per heavy atom. The fourth-order valence-electron chi connectivity index (χ4n) is 1.58. The maximum Gasteiger partial charge on any atom is 0.273 e. The van der Waals surface area contributed by atoms with Gasteiger partial charge in [-0.3, -0.25) is 9.59 Å². The third-order valence-corrected chi connectivity index (χ3v) is 2.29. The van der Waals surface area contributed by atoms with Crippen molar-refractivity contribution in [3.63, 3.8) is 0 Å². The number of aromatic nitrogens is 2. The molecule has 16 heavy (non-hydrogen) atoms. The molecule has 0 amide bonds. The van der Waals surface area contributed by atoms with Crippen molar-refractivity contribution in [1.29, 1.82) is 0 Å². The number of Topliss-reactive ketones (excluding diaryl/α,β-unsaturated/α-hetero) is 1. The number of fused-ring (bicyclic) bond motifs is 1. The van der Waals surface area contributed by atoms with Crippen molar-refractivity contribution in [1.82, 2.24) is 9.78 Å². The van der Waals surface area contributed by atoms with E-state index in [-0.39, 0.29) is 11.5 Å². The van der Waals surface area contributed by atoms with Crippen LogP contribution in [0, 0.1) is 0 Å². The quantitative estimate of drug-likeness (QED) is 0.759. The summed E-state index contributed by atoms with van der Waals surface area (Å²) in [5.74, 6) is -0.760. The number of hydrogen-bond donors (Lipinski definition) is 1. The van der Waals surface area contributed by atoms with E-state index in [2.05, 4.69) is 5.10 Å². The van der Waals surface area contributed by atoms with Crippen LogP contribution in [0.15, 0.2) is 24.3 Å². The van der Waals surface area contributed by atoms with Gasteiger partial charge >= 0.3 is 0 Å². The molecule has 1 aromatic heterocycles. The molecular formula is C11H10N2O3. The molecule has 0 unspecified atom stereocenters. The lowest BCUT2D eigenvalue weighted by molar-refractivity contribution is 0.0807. The Morgan fingerprint density at radius 2 is 2.06 bits per heavy atom. The first kappa shape index (κ1) is 10.5. The minimum Gasteiger partial charge on any atom is -0.386 e. The summed E-state index contributed by atoms with van der Waals surface area (Å²) in [5, 5.41) is 13.3. The SMILES string of the molecule is CC(=O)c1nn(C(=O)CO)c2ccccc12. The summed E-state index contributed by atoms with van der Waals surface area (Å²) in [6.45, 7) is 0.756. The topological polar surface area (TPSA) is 72.2 Å². The van der Waals surface area contributed by atoms with E-state index in [0.29, 0.717) is 10.9 Å². The van der Waals surface area contributed by atoms with Gasteiger partial charge in [0.1, 0.15) is 12.3 Å². The van der Waals surface area contributed by atoms with Crippen molar-refractivity contribution in [3.05, 3.63) is 30.0 Å². The highest BCUT2D eigenvalue weighted by atomic mass is 16.3. The van der Waals surface area contributed by atoms with Crippen LogP contribution in [-0.4, -0.2) is 33.2 Å². The summed E-state index contributed by atoms with van der Waals surface area (Å²) < 4.78 is 1.06. The van der Waals surface area contributed by atoms with Gasteiger partial charge in [-0.05, 0) is 6.07 Å². The normalized spacial score (nSPS) is 10.6. The zero-order chi connectivity index (χ0) is 11.7. The number of benzene rings is 1. The van der Waals surface area contributed by atoms with Crippen LogP contribution in [0.3, 0.4) is 0 Å². The van der Waals surface area contributed by atoms with Crippen molar-refractivity contribution >= 4 is 22.6 Å². The number of aliphatic hydroxyl groups is 1. The van der Waals surface area contributed by atoms with E-state index in [1.54, 1.807) is 24.3 Å². The minimum absolute atomic E-state index is 0.208. The lowest BCUT2D eigenvalue weighted by Gasteiger charge is -1.97. The number of carbonyl (C=O) groups is 2. The number of rotatable bonds is 2. The van der Waals surface area contributed by atoms with Crippen LogP contribution >= 0.6 is 0 Å². The van der Waals surface area contributed by atoms with E-state index in [1.807, 2.05) is 0 Å². The first-order chi connectivity index (χ1) is 7.65. The molecule has 0 bridgehead atoms. The van der Waals surface area contributed by atoms with E-state index in [1.165, 1.54) is 6.92 Å². The molecule has 1 heterocycles. The van der Waals surface area contributed by atoms with Gasteiger partial charge in [-0.25, -0.2) is 0 Å². The van der Waals surface area contributed by atoms with Crippen LogP contribution < -0.4 is 0 Å². The second-order valence-corrected chi connectivity index (χ2v) is 3.39. The second-order valence-electron chi connectivity index (χ2n) is 3.39. The van der Waals surface area contributed by atoms with Crippen LogP contribution in [0.2, 0.25) is 0 Å². The zero-order valence-corrected chi connectivity index (χ0v) is 8.67. The first-order valence-corrected chi connectivity index (χ1v) is 4.78. The predicted molar refractivity (Wildman–Crippen MR) is 57.4 cm³/mol. The van der Waals surface area contributed by atoms with Crippen molar-refractivity contribution in [3.8, 4) is 0 Å². The van der Waals surface area contributed by atoms with Crippen molar-refractivity contribution in [2.24, 2.45) is 0 Å². The molecule has 0 saturated carbocycles. The Kier molecular flexibility index (Phi) is 2.54. The Labute approximate surface area is 91.3 Å². The average Bonchev–Trinajstić information content (AvgIpc) is 2.67. The van der Waals surface area contributed by atoms with Crippen molar-refractivity contribution in [2.75, 3.05) is 6.61 Å². The smallest absolute Gasteiger partial charge is 0.273 e. The Hall–Kier alpha value is -2.01. The third-order valence-electron chi connectivity index (χ3n) is 2.29. The summed E-state index contributed by atoms with van der Waals surface area (Å²) in [6.07, 6.45) is 0. The molecule has 0 radical (unpaired) electrons. The predicted octanol–water partition coefficient (Wildman–Crippen LogP) is 0.871. The van der Waals surface area contributed by atoms with Gasteiger partial charge in [0.2, 0.25) is 0 Å². The minimum atomic E-state index is -0.636. The van der Waals surface area contributed by atoms with Gasteiger partial charge in [-0.15, -0.1) is 0 Å². The molecule has 0 saturated heterocycles. The molecule has 1 N–H and O–H groups in total. The van der Waals surface area contributed by atoms with Gasteiger partial charge in [-0.1, -0.05) is 18.2 Å². The van der Waals surface area contributed by atoms with Crippen LogP contribution in [0.25, 0.3) is 10.9 Å². The lowest BCUT2D eigenvalue weighted by Crippen LogP contribution is -2.16. The zero-order valence-electron chi connectivity index (χ0n) is 8.67. The molecule has 0 fully saturated rings. The van der Waals surface area contributed by atoms with E-state index in [9.17, 15) is 9.59 Å². The Balaban J connectivity index is 2.76. The summed E-state index contributed by atoms with van der Waals surface area (Å²) in [7, 11) is 0. The van der Waals surface area contributed by atoms with Crippen LogP contribution in [0.1, 0.15) is 22.2 Å². The Bertz CT molecular complexity index is 572. The molecule has 2 rings (SSSR count). The van der Waals surface area contributed by atoms with Gasteiger partial charge < -0.3 is 5.11 Å². The van der Waals surface area contributed by atoms with E-state index < -0.39 is 12.5 Å². The fourth-order valence-corrected chi connectivity index (χ4v) is 1.58. The molecule has 1 aromatic carbocycles. The van der Waals surface area contributed by atoms with Crippen LogP contribution in [-0.2, 0) is 0 Å². The van der Waals surface area contributed by atoms with E-state index >= 15 is 0 Å². The molecule has 82 valence electrons. The van der Waals surface area contributed by atoms with Gasteiger partial charge in [0.15, 0.2) is 5.78 Å². The molecule has 0 aliphatic carbocycles. The number of para-hydroxylation sites is 1. The second kappa shape index (κ2) is 3.86. The maximum atomic E-state index is 11.4. The maximum absolute atomic E-state index is 11.4. The van der Waals surface area contributed by atoms with Gasteiger partial charge in [0.25, 0.3) is 5.91 Å². The fraction of sp³-hybridized carbons (Fsp3) is 0.182. The molecule has 0 aliphatic heterocycles.